The van der Waals surface area contributed by atoms with Crippen LogP contribution in [0.5, 0.6) is 0 Å². The summed E-state index contributed by atoms with van der Waals surface area (Å²) in [6.07, 6.45) is 8.89. The first-order valence-corrected chi connectivity index (χ1v) is 9.26. The van der Waals surface area contributed by atoms with Gasteiger partial charge in [-0.2, -0.15) is 0 Å². The molecule has 1 heteroatoms. The lowest BCUT2D eigenvalue weighted by Gasteiger charge is -2.25. The Morgan fingerprint density at radius 3 is 2.17 bits per heavy atom. The summed E-state index contributed by atoms with van der Waals surface area (Å²) in [7, 11) is 0. The number of nitrogens with zero attached hydrogens (tertiary/aromatic N) is 1. The Kier molecular flexibility index (Phi) is 7.72. The normalized spacial score (nSPS) is 10.7. The molecule has 0 aliphatic carbocycles. The van der Waals surface area contributed by atoms with E-state index in [0.29, 0.717) is 0 Å². The second-order valence-corrected chi connectivity index (χ2v) is 6.32. The summed E-state index contributed by atoms with van der Waals surface area (Å²) in [5.41, 5.74) is 4.09. The second kappa shape index (κ2) is 10.1. The predicted octanol–water partition coefficient (Wildman–Crippen LogP) is 6.75. The SMILES string of the molecule is CCCCCCN(c1ccccc1)c1cccc(CCCC)c1. The molecule has 2 aromatic rings. The van der Waals surface area contributed by atoms with Crippen LogP contribution in [0, 0.1) is 0 Å². The van der Waals surface area contributed by atoms with Gasteiger partial charge in [0.05, 0.1) is 0 Å². The van der Waals surface area contributed by atoms with E-state index in [4.69, 9.17) is 0 Å². The molecule has 0 aliphatic heterocycles. The van der Waals surface area contributed by atoms with E-state index >= 15 is 0 Å². The van der Waals surface area contributed by atoms with E-state index in [1.165, 1.54) is 61.9 Å². The van der Waals surface area contributed by atoms with Crippen LogP contribution in [-0.2, 0) is 6.42 Å². The van der Waals surface area contributed by atoms with E-state index in [1.54, 1.807) is 0 Å². The molecule has 0 unspecified atom stereocenters. The molecule has 2 rings (SSSR count). The van der Waals surface area contributed by atoms with Gasteiger partial charge in [0.15, 0.2) is 0 Å². The zero-order valence-electron chi connectivity index (χ0n) is 14.8. The fourth-order valence-electron chi connectivity index (χ4n) is 2.97. The maximum Gasteiger partial charge on any atom is 0.0413 e. The lowest BCUT2D eigenvalue weighted by atomic mass is 10.1. The largest absolute Gasteiger partial charge is 0.341 e. The Hall–Kier alpha value is -1.76. The van der Waals surface area contributed by atoms with Crippen molar-refractivity contribution < 1.29 is 0 Å². The number of aryl methyl sites for hydroxylation is 1. The molecule has 0 bridgehead atoms. The van der Waals surface area contributed by atoms with Gasteiger partial charge in [-0.15, -0.1) is 0 Å². The smallest absolute Gasteiger partial charge is 0.0413 e. The fraction of sp³-hybridized carbons (Fsp3) is 0.455. The standard InChI is InChI=1S/C22H31N/c1-3-5-7-11-18-23(21-15-9-8-10-16-21)22-17-12-14-20(19-22)13-6-4-2/h8-10,12,14-17,19H,3-7,11,13,18H2,1-2H3. The molecular formula is C22H31N. The maximum atomic E-state index is 2.48. The number of para-hydroxylation sites is 1. The molecule has 0 saturated carbocycles. The molecule has 0 atom stereocenters. The van der Waals surface area contributed by atoms with Crippen molar-refractivity contribution in [2.75, 3.05) is 11.4 Å². The molecule has 0 aliphatic rings. The van der Waals surface area contributed by atoms with Crippen molar-refractivity contribution in [3.63, 3.8) is 0 Å². The fourth-order valence-corrected chi connectivity index (χ4v) is 2.97. The van der Waals surface area contributed by atoms with Crippen LogP contribution in [0.3, 0.4) is 0 Å². The monoisotopic (exact) mass is 309 g/mol. The van der Waals surface area contributed by atoms with Crippen LogP contribution >= 0.6 is 0 Å². The number of hydrogen-bond donors (Lipinski definition) is 0. The summed E-state index contributed by atoms with van der Waals surface area (Å²) in [4.78, 5) is 2.48. The van der Waals surface area contributed by atoms with E-state index in [1.807, 2.05) is 0 Å². The molecule has 0 N–H and O–H groups in total. The third-order valence-corrected chi connectivity index (χ3v) is 4.34. The van der Waals surface area contributed by atoms with Crippen LogP contribution in [-0.4, -0.2) is 6.54 Å². The van der Waals surface area contributed by atoms with Crippen molar-refractivity contribution in [1.82, 2.24) is 0 Å². The van der Waals surface area contributed by atoms with Crippen molar-refractivity contribution in [2.24, 2.45) is 0 Å². The first kappa shape index (κ1) is 17.6. The second-order valence-electron chi connectivity index (χ2n) is 6.32. The zero-order chi connectivity index (χ0) is 16.3. The van der Waals surface area contributed by atoms with Gasteiger partial charge in [0.25, 0.3) is 0 Å². The highest BCUT2D eigenvalue weighted by atomic mass is 15.1. The topological polar surface area (TPSA) is 3.24 Å². The van der Waals surface area contributed by atoms with Gasteiger partial charge in [-0.3, -0.25) is 0 Å². The number of rotatable bonds is 10. The van der Waals surface area contributed by atoms with Gasteiger partial charge >= 0.3 is 0 Å². The first-order chi connectivity index (χ1) is 11.3. The van der Waals surface area contributed by atoms with Crippen LogP contribution in [0.2, 0.25) is 0 Å². The molecule has 0 heterocycles. The van der Waals surface area contributed by atoms with Crippen LogP contribution in [0.25, 0.3) is 0 Å². The van der Waals surface area contributed by atoms with Gasteiger partial charge in [0, 0.05) is 17.9 Å². The number of unbranched alkanes of at least 4 members (excludes halogenated alkanes) is 4. The molecule has 23 heavy (non-hydrogen) atoms. The summed E-state index contributed by atoms with van der Waals surface area (Å²) >= 11 is 0. The van der Waals surface area contributed by atoms with Gasteiger partial charge in [-0.25, -0.2) is 0 Å². The summed E-state index contributed by atoms with van der Waals surface area (Å²) in [6, 6.07) is 19.9. The predicted molar refractivity (Wildman–Crippen MR) is 103 cm³/mol. The highest BCUT2D eigenvalue weighted by Crippen LogP contribution is 2.27. The van der Waals surface area contributed by atoms with E-state index in [2.05, 4.69) is 73.3 Å². The van der Waals surface area contributed by atoms with Gasteiger partial charge in [-0.1, -0.05) is 69.9 Å². The minimum atomic E-state index is 1.10. The summed E-state index contributed by atoms with van der Waals surface area (Å²) in [5.74, 6) is 0. The Morgan fingerprint density at radius 1 is 0.696 bits per heavy atom. The van der Waals surface area contributed by atoms with Crippen molar-refractivity contribution in [3.8, 4) is 0 Å². The Bertz CT molecular complexity index is 547. The van der Waals surface area contributed by atoms with Crippen LogP contribution in [0.15, 0.2) is 54.6 Å². The average Bonchev–Trinajstić information content (AvgIpc) is 2.61. The molecule has 0 aromatic heterocycles. The molecule has 0 radical (unpaired) electrons. The van der Waals surface area contributed by atoms with Crippen LogP contribution < -0.4 is 4.90 Å². The number of anilines is 2. The van der Waals surface area contributed by atoms with Gasteiger partial charge < -0.3 is 4.90 Å². The summed E-state index contributed by atoms with van der Waals surface area (Å²) in [6.45, 7) is 5.63. The van der Waals surface area contributed by atoms with Crippen molar-refractivity contribution in [3.05, 3.63) is 60.2 Å². The van der Waals surface area contributed by atoms with Gasteiger partial charge in [-0.05, 0) is 49.1 Å². The van der Waals surface area contributed by atoms with Crippen molar-refractivity contribution >= 4 is 11.4 Å². The lowest BCUT2D eigenvalue weighted by Crippen LogP contribution is -2.18. The van der Waals surface area contributed by atoms with Gasteiger partial charge in [0.1, 0.15) is 0 Å². The molecule has 0 spiro atoms. The summed E-state index contributed by atoms with van der Waals surface area (Å²) < 4.78 is 0. The van der Waals surface area contributed by atoms with E-state index in [-0.39, 0.29) is 0 Å². The van der Waals surface area contributed by atoms with E-state index in [0.717, 1.165) is 6.54 Å². The molecule has 0 fully saturated rings. The molecular weight excluding hydrogens is 278 g/mol. The molecule has 1 nitrogen and oxygen atoms in total. The zero-order valence-corrected chi connectivity index (χ0v) is 14.8. The molecule has 0 saturated heterocycles. The third kappa shape index (κ3) is 5.74. The molecule has 124 valence electrons. The number of hydrogen-bond acceptors (Lipinski definition) is 1. The van der Waals surface area contributed by atoms with E-state index in [9.17, 15) is 0 Å². The minimum Gasteiger partial charge on any atom is -0.341 e. The minimum absolute atomic E-state index is 1.10. The average molecular weight is 309 g/mol. The Labute approximate surface area is 142 Å². The van der Waals surface area contributed by atoms with Crippen molar-refractivity contribution in [2.45, 2.75) is 58.8 Å². The van der Waals surface area contributed by atoms with Crippen molar-refractivity contribution in [1.29, 1.82) is 0 Å². The summed E-state index contributed by atoms with van der Waals surface area (Å²) in [5, 5.41) is 0. The third-order valence-electron chi connectivity index (χ3n) is 4.34. The van der Waals surface area contributed by atoms with E-state index < -0.39 is 0 Å². The Morgan fingerprint density at radius 2 is 1.43 bits per heavy atom. The maximum absolute atomic E-state index is 2.48. The quantitative estimate of drug-likeness (QED) is 0.439. The Balaban J connectivity index is 2.15. The lowest BCUT2D eigenvalue weighted by molar-refractivity contribution is 0.668. The van der Waals surface area contributed by atoms with Crippen LogP contribution in [0.1, 0.15) is 57.9 Å². The molecule has 0 amide bonds. The highest BCUT2D eigenvalue weighted by molar-refractivity contribution is 5.63. The molecule has 2 aromatic carbocycles. The number of benzene rings is 2. The van der Waals surface area contributed by atoms with Gasteiger partial charge in [0.2, 0.25) is 0 Å². The highest BCUT2D eigenvalue weighted by Gasteiger charge is 2.09. The first-order valence-electron chi connectivity index (χ1n) is 9.26. The van der Waals surface area contributed by atoms with Crippen LogP contribution in [0.4, 0.5) is 11.4 Å².